The van der Waals surface area contributed by atoms with Gasteiger partial charge < -0.3 is 0 Å². The summed E-state index contributed by atoms with van der Waals surface area (Å²) in [4.78, 5) is 2.83. The molecule has 3 saturated carbocycles. The van der Waals surface area contributed by atoms with Crippen LogP contribution in [0, 0.1) is 29.6 Å². The molecule has 4 fully saturated rings. The van der Waals surface area contributed by atoms with E-state index >= 15 is 0 Å². The highest BCUT2D eigenvalue weighted by Crippen LogP contribution is 2.58. The van der Waals surface area contributed by atoms with Crippen molar-refractivity contribution >= 4 is 0 Å². The molecule has 4 aliphatic rings. The first-order valence-electron chi connectivity index (χ1n) is 8.47. The van der Waals surface area contributed by atoms with Crippen LogP contribution in [0.25, 0.3) is 0 Å². The lowest BCUT2D eigenvalue weighted by molar-refractivity contribution is 0.117. The molecule has 0 aromatic rings. The highest BCUT2D eigenvalue weighted by Gasteiger charge is 2.56. The summed E-state index contributed by atoms with van der Waals surface area (Å²) in [5.41, 5.74) is 0. The first kappa shape index (κ1) is 11.8. The van der Waals surface area contributed by atoms with Crippen LogP contribution in [0.5, 0.6) is 0 Å². The van der Waals surface area contributed by atoms with Gasteiger partial charge in [-0.1, -0.05) is 26.2 Å². The molecule has 1 aliphatic heterocycles. The second kappa shape index (κ2) is 4.23. The summed E-state index contributed by atoms with van der Waals surface area (Å²) in [6.45, 7) is 2.50. The lowest BCUT2D eigenvalue weighted by atomic mass is 9.68. The topological polar surface area (TPSA) is 3.24 Å². The molecule has 7 atom stereocenters. The predicted octanol–water partition coefficient (Wildman–Crippen LogP) is 3.93. The summed E-state index contributed by atoms with van der Waals surface area (Å²) < 4.78 is 0. The average molecular weight is 247 g/mol. The van der Waals surface area contributed by atoms with E-state index in [1.807, 2.05) is 0 Å². The Hall–Kier alpha value is -0.0400. The molecule has 0 amide bonds. The number of hydrogen-bond acceptors (Lipinski definition) is 1. The molecule has 0 bridgehead atoms. The van der Waals surface area contributed by atoms with E-state index < -0.39 is 0 Å². The molecule has 0 spiro atoms. The van der Waals surface area contributed by atoms with Crippen molar-refractivity contribution in [1.82, 2.24) is 4.90 Å². The van der Waals surface area contributed by atoms with E-state index in [1.165, 1.54) is 25.7 Å². The van der Waals surface area contributed by atoms with Gasteiger partial charge in [0.25, 0.3) is 0 Å². The third-order valence-electron chi connectivity index (χ3n) is 7.12. The van der Waals surface area contributed by atoms with Crippen molar-refractivity contribution in [2.75, 3.05) is 7.05 Å². The zero-order valence-corrected chi connectivity index (χ0v) is 12.1. The number of rotatable bonds is 0. The van der Waals surface area contributed by atoms with E-state index in [-0.39, 0.29) is 0 Å². The molecule has 0 aromatic heterocycles. The monoisotopic (exact) mass is 247 g/mol. The molecule has 1 heteroatoms. The highest BCUT2D eigenvalue weighted by molar-refractivity contribution is 5.09. The maximum Gasteiger partial charge on any atom is 0.0132 e. The van der Waals surface area contributed by atoms with Crippen LogP contribution in [-0.4, -0.2) is 24.0 Å². The van der Waals surface area contributed by atoms with Gasteiger partial charge in [-0.05, 0) is 68.7 Å². The molecule has 0 radical (unpaired) electrons. The fourth-order valence-electron chi connectivity index (χ4n) is 6.40. The lowest BCUT2D eigenvalue weighted by Gasteiger charge is -2.38. The summed E-state index contributed by atoms with van der Waals surface area (Å²) in [7, 11) is 2.45. The van der Waals surface area contributed by atoms with E-state index in [4.69, 9.17) is 0 Å². The molecule has 18 heavy (non-hydrogen) atoms. The highest BCUT2D eigenvalue weighted by atomic mass is 15.2. The maximum atomic E-state index is 2.83. The van der Waals surface area contributed by atoms with Gasteiger partial charge in [-0.2, -0.15) is 0 Å². The quantitative estimate of drug-likeness (QED) is 0.627. The molecule has 1 heterocycles. The minimum Gasteiger partial charge on any atom is -0.300 e. The Morgan fingerprint density at radius 1 is 0.833 bits per heavy atom. The maximum absolute atomic E-state index is 2.83. The van der Waals surface area contributed by atoms with Gasteiger partial charge in [-0.25, -0.2) is 0 Å². The summed E-state index contributed by atoms with van der Waals surface area (Å²) in [6, 6.07) is 1.93. The van der Waals surface area contributed by atoms with Crippen molar-refractivity contribution in [3.8, 4) is 0 Å². The summed E-state index contributed by atoms with van der Waals surface area (Å²) in [6.07, 6.45) is 12.2. The van der Waals surface area contributed by atoms with Gasteiger partial charge in [-0.3, -0.25) is 4.90 Å². The summed E-state index contributed by atoms with van der Waals surface area (Å²) >= 11 is 0. The van der Waals surface area contributed by atoms with Gasteiger partial charge in [0, 0.05) is 12.1 Å². The minimum atomic E-state index is 0.957. The zero-order valence-electron chi connectivity index (χ0n) is 12.1. The fraction of sp³-hybridized carbons (Fsp3) is 1.00. The van der Waals surface area contributed by atoms with Crippen molar-refractivity contribution in [1.29, 1.82) is 0 Å². The van der Waals surface area contributed by atoms with Crippen LogP contribution in [-0.2, 0) is 0 Å². The van der Waals surface area contributed by atoms with Gasteiger partial charge in [-0.15, -0.1) is 0 Å². The van der Waals surface area contributed by atoms with Gasteiger partial charge in [0.1, 0.15) is 0 Å². The molecule has 3 aliphatic carbocycles. The van der Waals surface area contributed by atoms with E-state index in [9.17, 15) is 0 Å². The van der Waals surface area contributed by atoms with Crippen LogP contribution in [0.4, 0.5) is 0 Å². The molecule has 7 unspecified atom stereocenters. The Morgan fingerprint density at radius 2 is 1.67 bits per heavy atom. The van der Waals surface area contributed by atoms with Crippen molar-refractivity contribution in [2.24, 2.45) is 29.6 Å². The van der Waals surface area contributed by atoms with Crippen LogP contribution >= 0.6 is 0 Å². The molecule has 0 aromatic carbocycles. The van der Waals surface area contributed by atoms with Crippen LogP contribution in [0.3, 0.4) is 0 Å². The molecule has 4 rings (SSSR count). The van der Waals surface area contributed by atoms with E-state index in [2.05, 4.69) is 18.9 Å². The predicted molar refractivity (Wildman–Crippen MR) is 75.4 cm³/mol. The van der Waals surface area contributed by atoms with Crippen LogP contribution in [0.2, 0.25) is 0 Å². The third-order valence-corrected chi connectivity index (χ3v) is 7.12. The molecule has 102 valence electrons. The number of nitrogens with zero attached hydrogens (tertiary/aromatic N) is 1. The second-order valence-electron chi connectivity index (χ2n) is 7.90. The smallest absolute Gasteiger partial charge is 0.0132 e. The summed E-state index contributed by atoms with van der Waals surface area (Å²) in [5, 5.41) is 0. The minimum absolute atomic E-state index is 0.957. The standard InChI is InChI=1S/C17H29N/c1-11-7-8-15-14(9-11)17-13-6-4-3-5-12(13)10-16(17)18(15)2/h11-17H,3-10H2,1-2H3. The van der Waals surface area contributed by atoms with Crippen LogP contribution < -0.4 is 0 Å². The largest absolute Gasteiger partial charge is 0.300 e. The van der Waals surface area contributed by atoms with Crippen LogP contribution in [0.1, 0.15) is 58.3 Å². The Labute approximate surface area is 112 Å². The Morgan fingerprint density at radius 3 is 2.56 bits per heavy atom. The van der Waals surface area contributed by atoms with E-state index in [0.717, 1.165) is 41.7 Å². The molecule has 1 saturated heterocycles. The Balaban J connectivity index is 1.62. The zero-order chi connectivity index (χ0) is 12.3. The van der Waals surface area contributed by atoms with Gasteiger partial charge in [0.2, 0.25) is 0 Å². The first-order chi connectivity index (χ1) is 8.75. The van der Waals surface area contributed by atoms with Gasteiger partial charge >= 0.3 is 0 Å². The summed E-state index contributed by atoms with van der Waals surface area (Å²) in [5.74, 6) is 5.38. The van der Waals surface area contributed by atoms with Crippen molar-refractivity contribution < 1.29 is 0 Å². The van der Waals surface area contributed by atoms with Crippen molar-refractivity contribution in [3.63, 3.8) is 0 Å². The van der Waals surface area contributed by atoms with Gasteiger partial charge in [0.15, 0.2) is 0 Å². The van der Waals surface area contributed by atoms with E-state index in [0.29, 0.717) is 0 Å². The number of likely N-dealkylation sites (tertiary alicyclic amines) is 1. The molecular formula is C17H29N. The normalized spacial score (nSPS) is 56.0. The number of hydrogen-bond donors (Lipinski definition) is 0. The lowest BCUT2D eigenvalue weighted by Crippen LogP contribution is -2.38. The molecule has 1 nitrogen and oxygen atoms in total. The second-order valence-corrected chi connectivity index (χ2v) is 7.90. The number of fused-ring (bicyclic) bond motifs is 5. The average Bonchev–Trinajstić information content (AvgIpc) is 2.87. The Kier molecular flexibility index (Phi) is 2.76. The third kappa shape index (κ3) is 1.55. The van der Waals surface area contributed by atoms with Crippen LogP contribution in [0.15, 0.2) is 0 Å². The first-order valence-corrected chi connectivity index (χ1v) is 8.47. The Bertz CT molecular complexity index is 326. The van der Waals surface area contributed by atoms with E-state index in [1.54, 1.807) is 25.7 Å². The molecular weight excluding hydrogens is 218 g/mol. The fourth-order valence-corrected chi connectivity index (χ4v) is 6.40. The molecule has 0 N–H and O–H groups in total. The van der Waals surface area contributed by atoms with Crippen molar-refractivity contribution in [2.45, 2.75) is 70.4 Å². The SMILES string of the molecule is CC1CCC2C(C1)C1C3CCCCC3CC1N2C. The van der Waals surface area contributed by atoms with Crippen molar-refractivity contribution in [3.05, 3.63) is 0 Å². The van der Waals surface area contributed by atoms with Gasteiger partial charge in [0.05, 0.1) is 0 Å².